The number of carbonyl (C=O) groups excluding carboxylic acids is 1. The predicted molar refractivity (Wildman–Crippen MR) is 110 cm³/mol. The van der Waals surface area contributed by atoms with E-state index in [1.165, 1.54) is 0 Å². The van der Waals surface area contributed by atoms with Crippen LogP contribution in [0.4, 0.5) is 0 Å². The van der Waals surface area contributed by atoms with E-state index >= 15 is 0 Å². The van der Waals surface area contributed by atoms with Gasteiger partial charge in [0.15, 0.2) is 5.78 Å². The third-order valence-electron chi connectivity index (χ3n) is 4.98. The van der Waals surface area contributed by atoms with Crippen LogP contribution in [0.5, 0.6) is 0 Å². The lowest BCUT2D eigenvalue weighted by Gasteiger charge is -1.99. The lowest BCUT2D eigenvalue weighted by Crippen LogP contribution is -2.03. The number of hydrogen-bond donors (Lipinski definition) is 2. The van der Waals surface area contributed by atoms with Crippen LogP contribution in [0.1, 0.15) is 21.7 Å². The topological polar surface area (TPSA) is 74.4 Å². The third kappa shape index (κ3) is 2.87. The molecule has 0 atom stereocenters. The Labute approximate surface area is 161 Å². The molecule has 0 fully saturated rings. The van der Waals surface area contributed by atoms with Crippen molar-refractivity contribution in [1.82, 2.24) is 20.2 Å². The molecule has 5 aromatic rings. The molecule has 3 aromatic heterocycles. The number of carbonyl (C=O) groups is 1. The fourth-order valence-electron chi connectivity index (χ4n) is 3.59. The first-order valence-corrected chi connectivity index (χ1v) is 9.18. The van der Waals surface area contributed by atoms with Crippen LogP contribution in [0.3, 0.4) is 0 Å². The Hall–Kier alpha value is -3.73. The van der Waals surface area contributed by atoms with Gasteiger partial charge in [-0.05, 0) is 42.8 Å². The van der Waals surface area contributed by atoms with Gasteiger partial charge < -0.3 is 4.98 Å². The molecule has 0 aliphatic rings. The number of Topliss-reactive ketones (excluding diaryl/α,β-unsaturated/α-hetero) is 1. The van der Waals surface area contributed by atoms with Crippen molar-refractivity contribution in [1.29, 1.82) is 0 Å². The molecule has 5 rings (SSSR count). The fraction of sp³-hybridized carbons (Fsp3) is 0.0870. The molecule has 3 heterocycles. The van der Waals surface area contributed by atoms with Crippen molar-refractivity contribution in [3.8, 4) is 11.3 Å². The second-order valence-electron chi connectivity index (χ2n) is 7.01. The number of rotatable bonds is 4. The molecule has 2 N–H and O–H groups in total. The number of fused-ring (bicyclic) bond motifs is 2. The zero-order chi connectivity index (χ0) is 19.1. The number of pyridine rings is 1. The number of aromatic amines is 2. The van der Waals surface area contributed by atoms with E-state index in [1.54, 1.807) is 6.20 Å². The van der Waals surface area contributed by atoms with Crippen molar-refractivity contribution in [2.24, 2.45) is 0 Å². The van der Waals surface area contributed by atoms with Crippen molar-refractivity contribution in [3.05, 3.63) is 83.8 Å². The van der Waals surface area contributed by atoms with E-state index in [0.29, 0.717) is 12.1 Å². The quantitative estimate of drug-likeness (QED) is 0.447. The van der Waals surface area contributed by atoms with E-state index in [1.807, 2.05) is 61.5 Å². The van der Waals surface area contributed by atoms with Crippen LogP contribution < -0.4 is 0 Å². The number of aromatic nitrogens is 4. The number of ketones is 1. The number of nitrogens with zero attached hydrogens (tertiary/aromatic N) is 2. The normalized spacial score (nSPS) is 11.3. The molecule has 5 nitrogen and oxygen atoms in total. The number of H-pyrrole nitrogens is 2. The summed E-state index contributed by atoms with van der Waals surface area (Å²) in [6.07, 6.45) is 2.18. The molecule has 5 heteroatoms. The van der Waals surface area contributed by atoms with Crippen LogP contribution in [0.15, 0.2) is 66.9 Å². The standard InChI is InChI=1S/C23H18N4O/c1-14-9-16(7-8-24-14)23-18-11-17-12-21(25-19(17)13-20(18)26-27-23)22(28)10-15-5-3-2-4-6-15/h2-9,11-13,25H,10H2,1H3,(H,26,27). The van der Waals surface area contributed by atoms with Gasteiger partial charge in [0, 0.05) is 40.2 Å². The second-order valence-corrected chi connectivity index (χ2v) is 7.01. The van der Waals surface area contributed by atoms with Crippen molar-refractivity contribution >= 4 is 27.6 Å². The predicted octanol–water partition coefficient (Wildman–Crippen LogP) is 4.84. The van der Waals surface area contributed by atoms with Gasteiger partial charge in [-0.2, -0.15) is 5.10 Å². The smallest absolute Gasteiger partial charge is 0.183 e. The molecular formula is C23H18N4O. The minimum absolute atomic E-state index is 0.0779. The molecule has 0 bridgehead atoms. The van der Waals surface area contributed by atoms with Crippen LogP contribution in [-0.2, 0) is 6.42 Å². The van der Waals surface area contributed by atoms with Gasteiger partial charge in [-0.15, -0.1) is 0 Å². The summed E-state index contributed by atoms with van der Waals surface area (Å²) in [5, 5.41) is 9.61. The Morgan fingerprint density at radius 2 is 1.86 bits per heavy atom. The molecular weight excluding hydrogens is 348 g/mol. The molecule has 0 unspecified atom stereocenters. The SMILES string of the molecule is Cc1cc(-c2n[nH]c3cc4[nH]c(C(=O)Cc5ccccc5)cc4cc23)ccn1. The monoisotopic (exact) mass is 366 g/mol. The van der Waals surface area contributed by atoms with Gasteiger partial charge in [-0.25, -0.2) is 0 Å². The first kappa shape index (κ1) is 16.4. The molecule has 0 amide bonds. The molecule has 0 radical (unpaired) electrons. The third-order valence-corrected chi connectivity index (χ3v) is 4.98. The van der Waals surface area contributed by atoms with E-state index in [-0.39, 0.29) is 5.78 Å². The van der Waals surface area contributed by atoms with E-state index in [4.69, 9.17) is 0 Å². The Bertz CT molecular complexity index is 1310. The Balaban J connectivity index is 1.55. The van der Waals surface area contributed by atoms with Crippen LogP contribution in [0.25, 0.3) is 33.1 Å². The average molecular weight is 366 g/mol. The molecule has 28 heavy (non-hydrogen) atoms. The zero-order valence-electron chi connectivity index (χ0n) is 15.4. The van der Waals surface area contributed by atoms with Crippen LogP contribution in [0.2, 0.25) is 0 Å². The molecule has 0 aliphatic heterocycles. The van der Waals surface area contributed by atoms with Crippen LogP contribution >= 0.6 is 0 Å². The van der Waals surface area contributed by atoms with E-state index in [0.717, 1.165) is 44.3 Å². The van der Waals surface area contributed by atoms with Gasteiger partial charge in [0.25, 0.3) is 0 Å². The lowest BCUT2D eigenvalue weighted by molar-refractivity contribution is 0.0989. The Morgan fingerprint density at radius 3 is 2.68 bits per heavy atom. The fourth-order valence-corrected chi connectivity index (χ4v) is 3.59. The Morgan fingerprint density at radius 1 is 1.00 bits per heavy atom. The summed E-state index contributed by atoms with van der Waals surface area (Å²) in [5.41, 5.74) is 6.35. The molecule has 136 valence electrons. The highest BCUT2D eigenvalue weighted by molar-refractivity contribution is 6.05. The average Bonchev–Trinajstić information content (AvgIpc) is 3.30. The molecule has 0 saturated carbocycles. The highest BCUT2D eigenvalue weighted by Crippen LogP contribution is 2.30. The highest BCUT2D eigenvalue weighted by Gasteiger charge is 2.14. The largest absolute Gasteiger partial charge is 0.352 e. The summed E-state index contributed by atoms with van der Waals surface area (Å²) in [6.45, 7) is 1.97. The molecule has 0 saturated heterocycles. The molecule has 0 aliphatic carbocycles. The van der Waals surface area contributed by atoms with E-state index in [2.05, 4.69) is 26.2 Å². The zero-order valence-corrected chi connectivity index (χ0v) is 15.4. The summed E-state index contributed by atoms with van der Waals surface area (Å²) in [5.74, 6) is 0.0779. The van der Waals surface area contributed by atoms with Crippen molar-refractivity contribution in [3.63, 3.8) is 0 Å². The van der Waals surface area contributed by atoms with Crippen molar-refractivity contribution in [2.45, 2.75) is 13.3 Å². The second kappa shape index (κ2) is 6.46. The van der Waals surface area contributed by atoms with Gasteiger partial charge in [-0.1, -0.05) is 30.3 Å². The van der Waals surface area contributed by atoms with Gasteiger partial charge in [0.1, 0.15) is 5.69 Å². The summed E-state index contributed by atoms with van der Waals surface area (Å²) < 4.78 is 0. The summed E-state index contributed by atoms with van der Waals surface area (Å²) in [6, 6.07) is 19.8. The van der Waals surface area contributed by atoms with Crippen LogP contribution in [-0.4, -0.2) is 25.9 Å². The molecule has 2 aromatic carbocycles. The first-order chi connectivity index (χ1) is 13.7. The minimum atomic E-state index is 0.0779. The van der Waals surface area contributed by atoms with Crippen LogP contribution in [0, 0.1) is 6.92 Å². The van der Waals surface area contributed by atoms with E-state index < -0.39 is 0 Å². The van der Waals surface area contributed by atoms with Gasteiger partial charge >= 0.3 is 0 Å². The summed E-state index contributed by atoms with van der Waals surface area (Å²) in [4.78, 5) is 20.2. The van der Waals surface area contributed by atoms with E-state index in [9.17, 15) is 4.79 Å². The number of nitrogens with one attached hydrogen (secondary N) is 2. The minimum Gasteiger partial charge on any atom is -0.352 e. The van der Waals surface area contributed by atoms with Gasteiger partial charge in [0.2, 0.25) is 0 Å². The number of benzene rings is 2. The number of aryl methyl sites for hydroxylation is 1. The van der Waals surface area contributed by atoms with Gasteiger partial charge in [0.05, 0.1) is 11.2 Å². The number of hydrogen-bond acceptors (Lipinski definition) is 3. The first-order valence-electron chi connectivity index (χ1n) is 9.18. The maximum Gasteiger partial charge on any atom is 0.183 e. The lowest BCUT2D eigenvalue weighted by atomic mass is 10.1. The van der Waals surface area contributed by atoms with Gasteiger partial charge in [-0.3, -0.25) is 14.9 Å². The van der Waals surface area contributed by atoms with Crippen molar-refractivity contribution in [2.75, 3.05) is 0 Å². The summed E-state index contributed by atoms with van der Waals surface area (Å²) in [7, 11) is 0. The molecule has 0 spiro atoms. The Kier molecular flexibility index (Phi) is 3.79. The maximum atomic E-state index is 12.7. The van der Waals surface area contributed by atoms with Crippen molar-refractivity contribution < 1.29 is 4.79 Å². The maximum absolute atomic E-state index is 12.7. The summed E-state index contributed by atoms with van der Waals surface area (Å²) >= 11 is 0. The highest BCUT2D eigenvalue weighted by atomic mass is 16.1.